The van der Waals surface area contributed by atoms with Gasteiger partial charge in [-0.15, -0.1) is 0 Å². The van der Waals surface area contributed by atoms with Crippen LogP contribution in [0.25, 0.3) is 0 Å². The number of rotatable bonds is 6. The summed E-state index contributed by atoms with van der Waals surface area (Å²) in [6.45, 7) is 6.48. The average Bonchev–Trinajstić information content (AvgIpc) is 3.09. The molecule has 1 unspecified atom stereocenters. The van der Waals surface area contributed by atoms with Gasteiger partial charge in [0.25, 0.3) is 0 Å². The first kappa shape index (κ1) is 25.6. The van der Waals surface area contributed by atoms with E-state index in [1.807, 2.05) is 13.1 Å². The Hall–Kier alpha value is -1.70. The van der Waals surface area contributed by atoms with Crippen LogP contribution >= 0.6 is 0 Å². The molecule has 31 heavy (non-hydrogen) atoms. The van der Waals surface area contributed by atoms with Gasteiger partial charge in [0, 0.05) is 56.6 Å². The lowest BCUT2D eigenvalue weighted by Gasteiger charge is -2.32. The normalized spacial score (nSPS) is 20.6. The molecule has 2 aliphatic heterocycles. The first-order chi connectivity index (χ1) is 14.4. The van der Waals surface area contributed by atoms with Crippen molar-refractivity contribution in [3.63, 3.8) is 0 Å². The van der Waals surface area contributed by atoms with Crippen LogP contribution in [-0.4, -0.2) is 79.0 Å². The Labute approximate surface area is 179 Å². The molecule has 1 aromatic rings. The van der Waals surface area contributed by atoms with Crippen LogP contribution < -0.4 is 0 Å². The number of carbonyl (C=O) groups is 1. The largest absolute Gasteiger partial charge is 0.490 e. The number of sulfonamides is 1. The van der Waals surface area contributed by atoms with Crippen molar-refractivity contribution in [3.8, 4) is 0 Å². The smallest absolute Gasteiger partial charge is 0.475 e. The molecule has 1 saturated heterocycles. The maximum atomic E-state index is 12.0. The molecule has 1 aromatic heterocycles. The standard InChI is InChI=1S/C16H27N3O4S.C2HF3O2/c1-3-22-12-15-11-18(24(2,20)21)10-14-8-17-19(16(14)15)9-13-4-6-23-7-5-13;3-2(4,5)1(6)7/h8,13,15H,3-7,9-12H2,1-2H3;(H,6,7). The van der Waals surface area contributed by atoms with Gasteiger partial charge in [0.05, 0.1) is 19.1 Å². The highest BCUT2D eigenvalue weighted by molar-refractivity contribution is 7.88. The highest BCUT2D eigenvalue weighted by Crippen LogP contribution is 2.31. The lowest BCUT2D eigenvalue weighted by atomic mass is 9.96. The summed E-state index contributed by atoms with van der Waals surface area (Å²) in [5.74, 6) is -2.15. The summed E-state index contributed by atoms with van der Waals surface area (Å²) in [5, 5.41) is 11.7. The number of hydrogen-bond acceptors (Lipinski definition) is 6. The van der Waals surface area contributed by atoms with Crippen LogP contribution in [0.2, 0.25) is 0 Å². The lowest BCUT2D eigenvalue weighted by Crippen LogP contribution is -2.39. The maximum absolute atomic E-state index is 12.0. The molecule has 0 aliphatic carbocycles. The fourth-order valence-corrected chi connectivity index (χ4v) is 4.40. The van der Waals surface area contributed by atoms with Crippen LogP contribution in [0.4, 0.5) is 13.2 Å². The average molecular weight is 471 g/mol. The van der Waals surface area contributed by atoms with Crippen LogP contribution in [0.3, 0.4) is 0 Å². The molecule has 1 N–H and O–H groups in total. The number of fused-ring (bicyclic) bond motifs is 1. The van der Waals surface area contributed by atoms with Gasteiger partial charge in [-0.1, -0.05) is 0 Å². The lowest BCUT2D eigenvalue weighted by molar-refractivity contribution is -0.192. The number of carboxylic acid groups (broad SMARTS) is 1. The number of nitrogens with zero attached hydrogens (tertiary/aromatic N) is 3. The molecule has 0 radical (unpaired) electrons. The van der Waals surface area contributed by atoms with E-state index < -0.39 is 22.2 Å². The number of halogens is 3. The van der Waals surface area contributed by atoms with Crippen molar-refractivity contribution in [3.05, 3.63) is 17.5 Å². The van der Waals surface area contributed by atoms with Crippen molar-refractivity contribution in [2.75, 3.05) is 39.2 Å². The van der Waals surface area contributed by atoms with Gasteiger partial charge in [0.2, 0.25) is 10.0 Å². The monoisotopic (exact) mass is 471 g/mol. The van der Waals surface area contributed by atoms with E-state index in [1.54, 1.807) is 0 Å². The van der Waals surface area contributed by atoms with E-state index in [0.717, 1.165) is 43.9 Å². The van der Waals surface area contributed by atoms with Crippen LogP contribution in [0, 0.1) is 5.92 Å². The van der Waals surface area contributed by atoms with Crippen LogP contribution in [0.5, 0.6) is 0 Å². The van der Waals surface area contributed by atoms with Crippen molar-refractivity contribution in [1.29, 1.82) is 0 Å². The second-order valence-corrected chi connectivity index (χ2v) is 9.49. The third-order valence-corrected chi connectivity index (χ3v) is 6.34. The highest BCUT2D eigenvalue weighted by atomic mass is 32.2. The second kappa shape index (κ2) is 10.7. The molecule has 0 amide bonds. The SMILES string of the molecule is CCOCC1CN(S(C)(=O)=O)Cc2cnn(CC3CCOCC3)c21.O=C(O)C(F)(F)F. The van der Waals surface area contributed by atoms with E-state index in [-0.39, 0.29) is 5.92 Å². The van der Waals surface area contributed by atoms with Gasteiger partial charge in [0.15, 0.2) is 0 Å². The molecule has 0 spiro atoms. The molecule has 13 heteroatoms. The van der Waals surface area contributed by atoms with E-state index in [4.69, 9.17) is 19.4 Å². The topological polar surface area (TPSA) is 111 Å². The third kappa shape index (κ3) is 7.44. The molecule has 178 valence electrons. The van der Waals surface area contributed by atoms with Crippen LogP contribution in [-0.2, 0) is 37.4 Å². The molecule has 0 aromatic carbocycles. The third-order valence-electron chi connectivity index (χ3n) is 5.12. The minimum Gasteiger partial charge on any atom is -0.475 e. The number of alkyl halides is 3. The van der Waals surface area contributed by atoms with Crippen molar-refractivity contribution < 1.29 is 41.0 Å². The molecule has 0 bridgehead atoms. The van der Waals surface area contributed by atoms with Crippen molar-refractivity contribution in [1.82, 2.24) is 14.1 Å². The zero-order valence-corrected chi connectivity index (χ0v) is 18.3. The Morgan fingerprint density at radius 2 is 1.97 bits per heavy atom. The fourth-order valence-electron chi connectivity index (χ4n) is 3.58. The summed E-state index contributed by atoms with van der Waals surface area (Å²) in [5.41, 5.74) is 2.15. The minimum atomic E-state index is -5.08. The zero-order chi connectivity index (χ0) is 23.2. The maximum Gasteiger partial charge on any atom is 0.490 e. The molecule has 2 aliphatic rings. The summed E-state index contributed by atoms with van der Waals surface area (Å²) in [6.07, 6.45) is 0.119. The summed E-state index contributed by atoms with van der Waals surface area (Å²) in [6, 6.07) is 0. The predicted molar refractivity (Wildman–Crippen MR) is 104 cm³/mol. The number of hydrogen-bond donors (Lipinski definition) is 1. The Kier molecular flexibility index (Phi) is 8.86. The van der Waals surface area contributed by atoms with Crippen LogP contribution in [0.15, 0.2) is 6.20 Å². The minimum absolute atomic E-state index is 0.0331. The zero-order valence-electron chi connectivity index (χ0n) is 17.5. The molecular weight excluding hydrogens is 443 g/mol. The highest BCUT2D eigenvalue weighted by Gasteiger charge is 2.38. The fraction of sp³-hybridized carbons (Fsp3) is 0.778. The van der Waals surface area contributed by atoms with Crippen LogP contribution in [0.1, 0.15) is 36.9 Å². The second-order valence-electron chi connectivity index (χ2n) is 7.51. The number of ether oxygens (including phenoxy) is 2. The number of aliphatic carboxylic acids is 1. The summed E-state index contributed by atoms with van der Waals surface area (Å²) in [4.78, 5) is 8.90. The van der Waals surface area contributed by atoms with E-state index >= 15 is 0 Å². The quantitative estimate of drug-likeness (QED) is 0.674. The van der Waals surface area contributed by atoms with Gasteiger partial charge in [-0.2, -0.15) is 22.6 Å². The van der Waals surface area contributed by atoms with Gasteiger partial charge in [-0.05, 0) is 25.7 Å². The Bertz CT molecular complexity index is 837. The van der Waals surface area contributed by atoms with E-state index in [2.05, 4.69) is 9.78 Å². The Morgan fingerprint density at radius 3 is 2.48 bits per heavy atom. The van der Waals surface area contributed by atoms with Gasteiger partial charge in [-0.3, -0.25) is 4.68 Å². The molecule has 1 atom stereocenters. The Balaban J connectivity index is 0.000000423. The van der Waals surface area contributed by atoms with E-state index in [1.165, 1.54) is 10.6 Å². The number of aromatic nitrogens is 2. The van der Waals surface area contributed by atoms with E-state index in [9.17, 15) is 21.6 Å². The summed E-state index contributed by atoms with van der Waals surface area (Å²) in [7, 11) is -3.22. The molecular formula is C18H28F3N3O6S. The van der Waals surface area contributed by atoms with Gasteiger partial charge < -0.3 is 14.6 Å². The summed E-state index contributed by atoms with van der Waals surface area (Å²) >= 11 is 0. The molecule has 9 nitrogen and oxygen atoms in total. The summed E-state index contributed by atoms with van der Waals surface area (Å²) < 4.78 is 70.4. The van der Waals surface area contributed by atoms with Gasteiger partial charge >= 0.3 is 12.1 Å². The van der Waals surface area contributed by atoms with Crippen molar-refractivity contribution in [2.45, 2.75) is 44.9 Å². The van der Waals surface area contributed by atoms with Crippen molar-refractivity contribution in [2.24, 2.45) is 5.92 Å². The molecule has 1 fully saturated rings. The first-order valence-corrected chi connectivity index (χ1v) is 11.7. The first-order valence-electron chi connectivity index (χ1n) is 9.88. The molecule has 3 heterocycles. The van der Waals surface area contributed by atoms with Crippen molar-refractivity contribution >= 4 is 16.0 Å². The predicted octanol–water partition coefficient (Wildman–Crippen LogP) is 1.84. The molecule has 0 saturated carbocycles. The van der Waals surface area contributed by atoms with Gasteiger partial charge in [0.1, 0.15) is 0 Å². The molecule has 3 rings (SSSR count). The van der Waals surface area contributed by atoms with E-state index in [0.29, 0.717) is 32.2 Å². The number of carboxylic acids is 1. The Morgan fingerprint density at radius 1 is 1.35 bits per heavy atom. The van der Waals surface area contributed by atoms with Gasteiger partial charge in [-0.25, -0.2) is 13.2 Å².